The summed E-state index contributed by atoms with van der Waals surface area (Å²) in [6.07, 6.45) is 1.41. The number of amides is 1. The van der Waals surface area contributed by atoms with Crippen LogP contribution in [-0.2, 0) is 18.4 Å². The van der Waals surface area contributed by atoms with Crippen LogP contribution < -0.4 is 10.1 Å². The van der Waals surface area contributed by atoms with E-state index in [-0.39, 0.29) is 5.41 Å². The molecule has 0 bridgehead atoms. The van der Waals surface area contributed by atoms with Crippen molar-refractivity contribution >= 4 is 28.2 Å². The quantitative estimate of drug-likeness (QED) is 0.582. The van der Waals surface area contributed by atoms with Gasteiger partial charge in [0.05, 0.1) is 12.2 Å². The zero-order valence-electron chi connectivity index (χ0n) is 17.2. The number of nitrogens with zero attached hydrogens (tertiary/aromatic N) is 3. The lowest BCUT2D eigenvalue weighted by atomic mass is 9.86. The Bertz CT molecular complexity index is 1070. The molecule has 2 N–H and O–H groups in total. The minimum absolute atomic E-state index is 0.0661. The van der Waals surface area contributed by atoms with Crippen LogP contribution in [0.25, 0.3) is 0 Å². The second-order valence-electron chi connectivity index (χ2n) is 8.17. The Hall–Kier alpha value is -3.13. The molecule has 1 aromatic carbocycles. The maximum absolute atomic E-state index is 11.2. The largest absolute Gasteiger partial charge is 0.465 e. The molecular weight excluding hydrogens is 400 g/mol. The molecule has 7 nitrogen and oxygen atoms in total. The number of carboxylic acid groups (broad SMARTS) is 1. The number of hydrogen-bond donors (Lipinski definition) is 2. The minimum Gasteiger partial charge on any atom is -0.465 e. The second kappa shape index (κ2) is 7.95. The summed E-state index contributed by atoms with van der Waals surface area (Å²) in [4.78, 5) is 22.7. The third-order valence-electron chi connectivity index (χ3n) is 4.92. The topological polar surface area (TPSA) is 87.6 Å². The number of pyridine rings is 1. The SMILES string of the molecule is CC(C)(C)c1ccccc1Oc1ncccc1Nc1nc2c(s1)CN(C(=O)O)CC2. The highest BCUT2D eigenvalue weighted by Crippen LogP contribution is 2.37. The fourth-order valence-corrected chi connectivity index (χ4v) is 4.41. The van der Waals surface area contributed by atoms with Crippen LogP contribution in [0.4, 0.5) is 15.6 Å². The van der Waals surface area contributed by atoms with E-state index in [0.717, 1.165) is 21.9 Å². The molecule has 2 aromatic heterocycles. The number of hydrogen-bond acceptors (Lipinski definition) is 6. The number of nitrogens with one attached hydrogen (secondary N) is 1. The van der Waals surface area contributed by atoms with E-state index in [4.69, 9.17) is 4.74 Å². The van der Waals surface area contributed by atoms with Crippen molar-refractivity contribution in [3.05, 3.63) is 58.7 Å². The Morgan fingerprint density at radius 1 is 1.23 bits per heavy atom. The molecular formula is C22H24N4O3S. The highest BCUT2D eigenvalue weighted by atomic mass is 32.1. The molecule has 1 aliphatic heterocycles. The Balaban J connectivity index is 1.58. The number of rotatable bonds is 4. The van der Waals surface area contributed by atoms with Crippen LogP contribution in [0.2, 0.25) is 0 Å². The Morgan fingerprint density at radius 3 is 2.80 bits per heavy atom. The number of fused-ring (bicyclic) bond motifs is 1. The van der Waals surface area contributed by atoms with Crippen molar-refractivity contribution in [2.45, 2.75) is 39.2 Å². The summed E-state index contributed by atoms with van der Waals surface area (Å²) >= 11 is 1.46. The van der Waals surface area contributed by atoms with Gasteiger partial charge in [-0.1, -0.05) is 50.3 Å². The third-order valence-corrected chi connectivity index (χ3v) is 5.91. The van der Waals surface area contributed by atoms with Crippen molar-refractivity contribution in [2.24, 2.45) is 0 Å². The number of carbonyl (C=O) groups is 1. The lowest BCUT2D eigenvalue weighted by molar-refractivity contribution is 0.140. The van der Waals surface area contributed by atoms with Crippen LogP contribution in [-0.4, -0.2) is 32.6 Å². The molecule has 0 atom stereocenters. The first-order valence-corrected chi connectivity index (χ1v) is 10.6. The summed E-state index contributed by atoms with van der Waals surface area (Å²) in [6.45, 7) is 7.28. The van der Waals surface area contributed by atoms with Crippen molar-refractivity contribution in [3.63, 3.8) is 0 Å². The number of anilines is 2. The molecule has 0 radical (unpaired) electrons. The normalized spacial score (nSPS) is 13.6. The van der Waals surface area contributed by atoms with Gasteiger partial charge in [-0.05, 0) is 23.6 Å². The van der Waals surface area contributed by atoms with Crippen LogP contribution in [0.15, 0.2) is 42.6 Å². The average molecular weight is 425 g/mol. The number of benzene rings is 1. The van der Waals surface area contributed by atoms with Crippen molar-refractivity contribution in [1.29, 1.82) is 0 Å². The minimum atomic E-state index is -0.899. The Labute approximate surface area is 179 Å². The van der Waals surface area contributed by atoms with Crippen LogP contribution in [0.3, 0.4) is 0 Å². The summed E-state index contributed by atoms with van der Waals surface area (Å²) in [6, 6.07) is 11.7. The van der Waals surface area contributed by atoms with Crippen LogP contribution in [0, 0.1) is 0 Å². The van der Waals surface area contributed by atoms with Gasteiger partial charge < -0.3 is 20.1 Å². The number of aromatic nitrogens is 2. The predicted molar refractivity (Wildman–Crippen MR) is 117 cm³/mol. The monoisotopic (exact) mass is 424 g/mol. The first kappa shape index (κ1) is 20.2. The van der Waals surface area contributed by atoms with E-state index < -0.39 is 6.09 Å². The van der Waals surface area contributed by atoms with Gasteiger partial charge in [0, 0.05) is 29.6 Å². The van der Waals surface area contributed by atoms with Gasteiger partial charge >= 0.3 is 6.09 Å². The second-order valence-corrected chi connectivity index (χ2v) is 9.26. The van der Waals surface area contributed by atoms with Gasteiger partial charge in [0.25, 0.3) is 0 Å². The zero-order valence-corrected chi connectivity index (χ0v) is 18.0. The van der Waals surface area contributed by atoms with Crippen molar-refractivity contribution in [3.8, 4) is 11.6 Å². The molecule has 0 saturated carbocycles. The van der Waals surface area contributed by atoms with E-state index in [9.17, 15) is 9.90 Å². The van der Waals surface area contributed by atoms with Gasteiger partial charge in [0.2, 0.25) is 5.88 Å². The van der Waals surface area contributed by atoms with Crippen molar-refractivity contribution in [2.75, 3.05) is 11.9 Å². The van der Waals surface area contributed by atoms with E-state index in [1.165, 1.54) is 16.2 Å². The smallest absolute Gasteiger partial charge is 0.407 e. The zero-order chi connectivity index (χ0) is 21.3. The lowest BCUT2D eigenvalue weighted by Gasteiger charge is -2.22. The molecule has 156 valence electrons. The number of para-hydroxylation sites is 1. The predicted octanol–water partition coefficient (Wildman–Crippen LogP) is 5.41. The Morgan fingerprint density at radius 2 is 2.03 bits per heavy atom. The molecule has 3 aromatic rings. The molecule has 4 rings (SSSR count). The molecule has 1 amide bonds. The summed E-state index contributed by atoms with van der Waals surface area (Å²) < 4.78 is 6.21. The number of ether oxygens (including phenoxy) is 1. The lowest BCUT2D eigenvalue weighted by Crippen LogP contribution is -2.34. The molecule has 0 spiro atoms. The third kappa shape index (κ3) is 4.23. The molecule has 0 saturated heterocycles. The van der Waals surface area contributed by atoms with Crippen molar-refractivity contribution < 1.29 is 14.6 Å². The van der Waals surface area contributed by atoms with Crippen molar-refractivity contribution in [1.82, 2.24) is 14.9 Å². The van der Waals surface area contributed by atoms with E-state index in [2.05, 4.69) is 42.1 Å². The highest BCUT2D eigenvalue weighted by molar-refractivity contribution is 7.15. The van der Waals surface area contributed by atoms with Gasteiger partial charge in [-0.25, -0.2) is 14.8 Å². The van der Waals surface area contributed by atoms with Crippen LogP contribution in [0.1, 0.15) is 36.9 Å². The molecule has 1 aliphatic rings. The molecule has 0 fully saturated rings. The molecule has 3 heterocycles. The summed E-state index contributed by atoms with van der Waals surface area (Å²) in [7, 11) is 0. The standard InChI is InChI=1S/C22H24N4O3S/c1-22(2,3)14-7-4-5-9-17(14)29-19-16(8-6-11-23-19)25-20-24-15-10-12-26(21(27)28)13-18(15)30-20/h4-9,11H,10,12-13H2,1-3H3,(H,24,25)(H,27,28). The fourth-order valence-electron chi connectivity index (χ4n) is 3.37. The van der Waals surface area contributed by atoms with Gasteiger partial charge in [0.1, 0.15) is 11.4 Å². The fraction of sp³-hybridized carbons (Fsp3) is 0.318. The highest BCUT2D eigenvalue weighted by Gasteiger charge is 2.24. The molecule has 8 heteroatoms. The van der Waals surface area contributed by atoms with Gasteiger partial charge in [0.15, 0.2) is 5.13 Å². The first-order chi connectivity index (χ1) is 14.3. The molecule has 0 unspecified atom stereocenters. The van der Waals surface area contributed by atoms with Gasteiger partial charge in [-0.3, -0.25) is 0 Å². The Kier molecular flexibility index (Phi) is 5.34. The van der Waals surface area contributed by atoms with E-state index in [1.807, 2.05) is 30.3 Å². The summed E-state index contributed by atoms with van der Waals surface area (Å²) in [5.41, 5.74) is 2.69. The molecule has 30 heavy (non-hydrogen) atoms. The van der Waals surface area contributed by atoms with Gasteiger partial charge in [-0.15, -0.1) is 0 Å². The number of thiazole rings is 1. The maximum atomic E-state index is 11.2. The summed E-state index contributed by atoms with van der Waals surface area (Å²) in [5, 5.41) is 13.2. The van der Waals surface area contributed by atoms with E-state index in [1.54, 1.807) is 6.20 Å². The average Bonchev–Trinajstić information content (AvgIpc) is 3.10. The maximum Gasteiger partial charge on any atom is 0.407 e. The van der Waals surface area contributed by atoms with E-state index in [0.29, 0.717) is 36.2 Å². The van der Waals surface area contributed by atoms with E-state index >= 15 is 0 Å². The van der Waals surface area contributed by atoms with Crippen LogP contribution in [0.5, 0.6) is 11.6 Å². The first-order valence-electron chi connectivity index (χ1n) is 9.77. The van der Waals surface area contributed by atoms with Gasteiger partial charge in [-0.2, -0.15) is 0 Å². The summed E-state index contributed by atoms with van der Waals surface area (Å²) in [5.74, 6) is 1.23. The van der Waals surface area contributed by atoms with Crippen LogP contribution >= 0.6 is 11.3 Å². The molecule has 0 aliphatic carbocycles.